The summed E-state index contributed by atoms with van der Waals surface area (Å²) >= 11 is 0. The molecule has 0 aromatic heterocycles. The second-order valence-electron chi connectivity index (χ2n) is 16.0. The monoisotopic (exact) mass is 530 g/mol. The quantitative estimate of drug-likeness (QED) is 0.382. The first-order valence-electron chi connectivity index (χ1n) is 16.1. The Hall–Kier alpha value is -1.54. The fourth-order valence-electron chi connectivity index (χ4n) is 12.2. The van der Waals surface area contributed by atoms with Crippen LogP contribution in [0, 0.1) is 70.0 Å². The summed E-state index contributed by atoms with van der Waals surface area (Å²) in [5, 5.41) is 20.9. The molecule has 5 aliphatic rings. The number of fused-ring (bicyclic) bond motifs is 7. The lowest BCUT2D eigenvalue weighted by atomic mass is 9.34. The maximum absolute atomic E-state index is 10.8. The van der Waals surface area contributed by atoms with E-state index in [0.29, 0.717) is 52.8 Å². The Morgan fingerprint density at radius 1 is 0.923 bits per heavy atom. The Morgan fingerprint density at radius 2 is 1.62 bits per heavy atom. The second kappa shape index (κ2) is 8.98. The number of rotatable bonds is 3. The topological polar surface area (TPSA) is 40.5 Å². The van der Waals surface area contributed by atoms with Gasteiger partial charge in [0.1, 0.15) is 5.75 Å². The van der Waals surface area contributed by atoms with E-state index in [1.54, 1.807) is 0 Å². The average molecular weight is 531 g/mol. The number of aliphatic hydroxyl groups is 1. The predicted octanol–water partition coefficient (Wildman–Crippen LogP) is 9.20. The van der Waals surface area contributed by atoms with Gasteiger partial charge in [-0.05, 0) is 157 Å². The molecule has 1 unspecified atom stereocenters. The minimum absolute atomic E-state index is 0.118. The fraction of sp³-hybridized carbons (Fsp3) is 0.730. The first kappa shape index (κ1) is 27.6. The van der Waals surface area contributed by atoms with E-state index in [-0.39, 0.29) is 10.8 Å². The fourth-order valence-corrected chi connectivity index (χ4v) is 12.2. The van der Waals surface area contributed by atoms with E-state index in [4.69, 9.17) is 0 Å². The zero-order valence-electron chi connectivity index (χ0n) is 25.8. The molecule has 2 nitrogen and oxygen atoms in total. The normalized spacial score (nSPS) is 46.4. The molecule has 0 amide bonds. The summed E-state index contributed by atoms with van der Waals surface area (Å²) in [4.78, 5) is 0. The third-order valence-corrected chi connectivity index (χ3v) is 14.4. The number of benzene rings is 1. The predicted molar refractivity (Wildman–Crippen MR) is 162 cm³/mol. The highest BCUT2D eigenvalue weighted by Crippen LogP contribution is 2.75. The van der Waals surface area contributed by atoms with Crippen LogP contribution in [-0.2, 0) is 0 Å². The molecule has 0 bridgehead atoms. The Labute approximate surface area is 238 Å². The number of aromatic hydroxyl groups is 1. The van der Waals surface area contributed by atoms with Gasteiger partial charge in [-0.3, -0.25) is 0 Å². The highest BCUT2D eigenvalue weighted by atomic mass is 16.3. The van der Waals surface area contributed by atoms with Crippen molar-refractivity contribution in [2.24, 2.45) is 63.1 Å². The van der Waals surface area contributed by atoms with Gasteiger partial charge in [0.2, 0.25) is 0 Å². The number of phenols is 1. The number of aliphatic hydroxyl groups excluding tert-OH is 1. The SMILES string of the molecule is C=C(C)[C@@H]1CC[C@]2(CO)CC[C@]3(C)[C@H](CC[C@@H]4[C@H]5C(C)C=C(c6ccc(O)cc6C)C(C)(C)[C@@H]5CC[C@]43C)[C@@H]12. The van der Waals surface area contributed by atoms with Crippen molar-refractivity contribution in [3.05, 3.63) is 47.6 Å². The summed E-state index contributed by atoms with van der Waals surface area (Å²) in [7, 11) is 0. The Kier molecular flexibility index (Phi) is 6.36. The van der Waals surface area contributed by atoms with Gasteiger partial charge in [0.15, 0.2) is 0 Å². The van der Waals surface area contributed by atoms with Crippen molar-refractivity contribution in [1.29, 1.82) is 0 Å². The summed E-state index contributed by atoms with van der Waals surface area (Å²) in [5.74, 6) is 5.00. The molecule has 10 atom stereocenters. The lowest BCUT2D eigenvalue weighted by Gasteiger charge is -2.70. The Morgan fingerprint density at radius 3 is 2.28 bits per heavy atom. The molecule has 1 aromatic rings. The molecule has 5 aliphatic carbocycles. The molecule has 4 fully saturated rings. The summed E-state index contributed by atoms with van der Waals surface area (Å²) in [6.07, 6.45) is 12.9. The molecule has 0 aliphatic heterocycles. The van der Waals surface area contributed by atoms with E-state index in [0.717, 1.165) is 11.8 Å². The molecule has 0 spiro atoms. The zero-order valence-corrected chi connectivity index (χ0v) is 25.8. The first-order valence-corrected chi connectivity index (χ1v) is 16.1. The van der Waals surface area contributed by atoms with E-state index >= 15 is 0 Å². The maximum Gasteiger partial charge on any atom is 0.115 e. The minimum Gasteiger partial charge on any atom is -0.508 e. The van der Waals surface area contributed by atoms with Crippen molar-refractivity contribution in [2.75, 3.05) is 6.61 Å². The van der Waals surface area contributed by atoms with Crippen LogP contribution in [0.4, 0.5) is 0 Å². The average Bonchev–Trinajstić information content (AvgIpc) is 3.27. The third-order valence-electron chi connectivity index (χ3n) is 14.4. The van der Waals surface area contributed by atoms with Crippen LogP contribution in [0.5, 0.6) is 5.75 Å². The first-order chi connectivity index (χ1) is 18.3. The highest BCUT2D eigenvalue weighted by molar-refractivity contribution is 5.74. The smallest absolute Gasteiger partial charge is 0.115 e. The van der Waals surface area contributed by atoms with E-state index in [2.05, 4.69) is 67.2 Å². The molecule has 214 valence electrons. The molecule has 0 heterocycles. The summed E-state index contributed by atoms with van der Waals surface area (Å²) in [6.45, 7) is 22.2. The van der Waals surface area contributed by atoms with E-state index in [1.165, 1.54) is 73.6 Å². The van der Waals surface area contributed by atoms with Gasteiger partial charge in [0.25, 0.3) is 0 Å². The van der Waals surface area contributed by atoms with Gasteiger partial charge in [-0.2, -0.15) is 0 Å². The van der Waals surface area contributed by atoms with Crippen molar-refractivity contribution in [2.45, 2.75) is 99.8 Å². The van der Waals surface area contributed by atoms with Gasteiger partial charge in [0.05, 0.1) is 0 Å². The van der Waals surface area contributed by atoms with Crippen LogP contribution in [0.3, 0.4) is 0 Å². The molecule has 6 rings (SSSR count). The maximum atomic E-state index is 10.8. The molecular weight excluding hydrogens is 476 g/mol. The molecule has 1 aromatic carbocycles. The lowest BCUT2D eigenvalue weighted by molar-refractivity contribution is -0.211. The van der Waals surface area contributed by atoms with Gasteiger partial charge in [-0.25, -0.2) is 0 Å². The molecule has 39 heavy (non-hydrogen) atoms. The summed E-state index contributed by atoms with van der Waals surface area (Å²) < 4.78 is 0. The van der Waals surface area contributed by atoms with Crippen molar-refractivity contribution in [3.8, 4) is 5.75 Å². The number of allylic oxidation sites excluding steroid dienone is 3. The second-order valence-corrected chi connectivity index (χ2v) is 16.0. The molecule has 0 radical (unpaired) electrons. The zero-order chi connectivity index (χ0) is 28.1. The van der Waals surface area contributed by atoms with Gasteiger partial charge in [0, 0.05) is 6.61 Å². The summed E-state index contributed by atoms with van der Waals surface area (Å²) in [6, 6.07) is 5.95. The molecule has 2 heteroatoms. The molecular formula is C37H54O2. The van der Waals surface area contributed by atoms with Crippen LogP contribution >= 0.6 is 0 Å². The van der Waals surface area contributed by atoms with Gasteiger partial charge >= 0.3 is 0 Å². The van der Waals surface area contributed by atoms with Crippen LogP contribution in [0.15, 0.2) is 36.4 Å². The largest absolute Gasteiger partial charge is 0.508 e. The van der Waals surface area contributed by atoms with Crippen LogP contribution in [0.25, 0.3) is 5.57 Å². The molecule has 0 saturated heterocycles. The third kappa shape index (κ3) is 3.61. The van der Waals surface area contributed by atoms with Gasteiger partial charge < -0.3 is 10.2 Å². The molecule has 4 saturated carbocycles. The minimum atomic E-state index is 0.118. The summed E-state index contributed by atoms with van der Waals surface area (Å²) in [5.41, 5.74) is 6.31. The number of aryl methyl sites for hydroxylation is 1. The number of phenolic OH excluding ortho intramolecular Hbond substituents is 1. The van der Waals surface area contributed by atoms with Crippen LogP contribution in [0.1, 0.15) is 104 Å². The Bertz CT molecular complexity index is 1190. The van der Waals surface area contributed by atoms with Gasteiger partial charge in [-0.15, -0.1) is 0 Å². The number of hydrogen-bond acceptors (Lipinski definition) is 2. The highest BCUT2D eigenvalue weighted by Gasteiger charge is 2.68. The van der Waals surface area contributed by atoms with E-state index < -0.39 is 0 Å². The van der Waals surface area contributed by atoms with Crippen molar-refractivity contribution < 1.29 is 10.2 Å². The van der Waals surface area contributed by atoms with Crippen LogP contribution < -0.4 is 0 Å². The van der Waals surface area contributed by atoms with Crippen LogP contribution in [0.2, 0.25) is 0 Å². The van der Waals surface area contributed by atoms with Crippen LogP contribution in [-0.4, -0.2) is 16.8 Å². The Balaban J connectivity index is 1.38. The van der Waals surface area contributed by atoms with Crippen molar-refractivity contribution >= 4 is 5.57 Å². The number of hydrogen-bond donors (Lipinski definition) is 2. The van der Waals surface area contributed by atoms with Crippen molar-refractivity contribution in [1.82, 2.24) is 0 Å². The lowest BCUT2D eigenvalue weighted by Crippen LogP contribution is -2.63. The van der Waals surface area contributed by atoms with E-state index in [1.807, 2.05) is 12.1 Å². The molecule has 2 N–H and O–H groups in total. The standard InChI is InChI=1S/C37H54O2/c1-22(2)26-13-16-37(21-38)18-17-36(8)30(33(26)37)12-11-29-32-24(4)20-31(27-10-9-25(39)19-23(27)3)34(5,6)28(32)14-15-35(29,36)7/h9-10,19-20,24,26,28-30,32-33,38-39H,1,11-18,21H2,2-8H3/t24?,26-,28+,29+,30+,32-,33+,35+,36+,37+/m0/s1. The van der Waals surface area contributed by atoms with E-state index in [9.17, 15) is 10.2 Å². The van der Waals surface area contributed by atoms with Crippen molar-refractivity contribution in [3.63, 3.8) is 0 Å². The van der Waals surface area contributed by atoms with Gasteiger partial charge in [-0.1, -0.05) is 58.9 Å².